The molecule has 2 aromatic rings. The minimum Gasteiger partial charge on any atom is -0.325 e. The average Bonchev–Trinajstić information content (AvgIpc) is 2.74. The highest BCUT2D eigenvalue weighted by Gasteiger charge is 2.15. The fourth-order valence-corrected chi connectivity index (χ4v) is 2.16. The highest BCUT2D eigenvalue weighted by Crippen LogP contribution is 2.25. The van der Waals surface area contributed by atoms with E-state index in [1.54, 1.807) is 0 Å². The van der Waals surface area contributed by atoms with Gasteiger partial charge in [0.1, 0.15) is 5.69 Å². The highest BCUT2D eigenvalue weighted by atomic mass is 15.4. The van der Waals surface area contributed by atoms with E-state index in [1.165, 1.54) is 11.1 Å². The van der Waals surface area contributed by atoms with Crippen LogP contribution in [0.3, 0.4) is 0 Å². The van der Waals surface area contributed by atoms with E-state index < -0.39 is 0 Å². The molecule has 1 aromatic heterocycles. The van der Waals surface area contributed by atoms with E-state index in [2.05, 4.69) is 56.2 Å². The first-order valence-electron chi connectivity index (χ1n) is 6.73. The van der Waals surface area contributed by atoms with Gasteiger partial charge in [-0.1, -0.05) is 31.2 Å². The molecule has 0 spiro atoms. The van der Waals surface area contributed by atoms with Gasteiger partial charge in [0, 0.05) is 18.7 Å². The Morgan fingerprint density at radius 2 is 1.95 bits per heavy atom. The summed E-state index contributed by atoms with van der Waals surface area (Å²) >= 11 is 0. The summed E-state index contributed by atoms with van der Waals surface area (Å²) in [4.78, 5) is 0. The van der Waals surface area contributed by atoms with Crippen LogP contribution in [0.25, 0.3) is 11.3 Å². The van der Waals surface area contributed by atoms with Crippen LogP contribution in [0.15, 0.2) is 18.2 Å². The lowest BCUT2D eigenvalue weighted by Crippen LogP contribution is -2.09. The molecule has 0 bridgehead atoms. The largest absolute Gasteiger partial charge is 0.325 e. The molecule has 0 aliphatic carbocycles. The molecule has 0 radical (unpaired) electrons. The Morgan fingerprint density at radius 3 is 2.53 bits per heavy atom. The Labute approximate surface area is 114 Å². The number of rotatable bonds is 4. The minimum absolute atomic E-state index is 0.417. The number of nitrogens with zero attached hydrogens (tertiary/aromatic N) is 3. The highest BCUT2D eigenvalue weighted by molar-refractivity contribution is 5.63. The van der Waals surface area contributed by atoms with Gasteiger partial charge in [0.25, 0.3) is 0 Å². The second kappa shape index (κ2) is 5.53. The van der Waals surface area contributed by atoms with Crippen molar-refractivity contribution in [2.45, 2.75) is 40.8 Å². The van der Waals surface area contributed by atoms with Crippen LogP contribution in [0.5, 0.6) is 0 Å². The van der Waals surface area contributed by atoms with Crippen LogP contribution >= 0.6 is 0 Å². The average molecular weight is 258 g/mol. The Hall–Kier alpha value is -1.68. The lowest BCUT2D eigenvalue weighted by atomic mass is 10.0. The summed E-state index contributed by atoms with van der Waals surface area (Å²) in [6.45, 7) is 9.86. The molecule has 4 heteroatoms. The maximum Gasteiger partial charge on any atom is 0.104 e. The molecule has 0 saturated heterocycles. The van der Waals surface area contributed by atoms with Gasteiger partial charge < -0.3 is 5.73 Å². The van der Waals surface area contributed by atoms with Gasteiger partial charge in [-0.25, -0.2) is 4.68 Å². The van der Waals surface area contributed by atoms with Gasteiger partial charge in [0.05, 0.1) is 5.69 Å². The van der Waals surface area contributed by atoms with Gasteiger partial charge in [0.2, 0.25) is 0 Å². The van der Waals surface area contributed by atoms with Crippen LogP contribution in [-0.4, -0.2) is 15.0 Å². The molecule has 0 saturated carbocycles. The summed E-state index contributed by atoms with van der Waals surface area (Å²) in [6.07, 6.45) is 0. The molecule has 0 aliphatic heterocycles. The first kappa shape index (κ1) is 13.7. The van der Waals surface area contributed by atoms with Gasteiger partial charge >= 0.3 is 0 Å². The lowest BCUT2D eigenvalue weighted by molar-refractivity contribution is 0.475. The maximum atomic E-state index is 5.78. The van der Waals surface area contributed by atoms with Crippen LogP contribution in [0, 0.1) is 19.8 Å². The quantitative estimate of drug-likeness (QED) is 0.917. The molecule has 1 aromatic carbocycles. The predicted molar refractivity (Wildman–Crippen MR) is 77.7 cm³/mol. The number of nitrogens with two attached hydrogens (primary N) is 1. The number of aromatic nitrogens is 3. The maximum absolute atomic E-state index is 5.78. The molecule has 4 nitrogen and oxygen atoms in total. The Balaban J connectivity index is 2.52. The fourth-order valence-electron chi connectivity index (χ4n) is 2.16. The van der Waals surface area contributed by atoms with Crippen molar-refractivity contribution in [2.24, 2.45) is 11.7 Å². The van der Waals surface area contributed by atoms with Crippen LogP contribution in [0.4, 0.5) is 0 Å². The summed E-state index contributed by atoms with van der Waals surface area (Å²) in [6, 6.07) is 6.44. The molecular weight excluding hydrogens is 236 g/mol. The molecule has 102 valence electrons. The van der Waals surface area contributed by atoms with Crippen molar-refractivity contribution >= 4 is 0 Å². The monoisotopic (exact) mass is 258 g/mol. The van der Waals surface area contributed by atoms with Crippen LogP contribution in [0.2, 0.25) is 0 Å². The number of hydrogen-bond donors (Lipinski definition) is 1. The third-order valence-corrected chi connectivity index (χ3v) is 3.32. The van der Waals surface area contributed by atoms with Gasteiger partial charge in [0.15, 0.2) is 0 Å². The van der Waals surface area contributed by atoms with Crippen LogP contribution in [0.1, 0.15) is 30.7 Å². The van der Waals surface area contributed by atoms with Crippen LogP contribution in [-0.2, 0) is 13.1 Å². The normalized spacial score (nSPS) is 11.3. The van der Waals surface area contributed by atoms with Crippen molar-refractivity contribution in [2.75, 3.05) is 0 Å². The Kier molecular flexibility index (Phi) is 4.00. The smallest absolute Gasteiger partial charge is 0.104 e. The molecular formula is C15H22N4. The first-order chi connectivity index (χ1) is 9.02. The summed E-state index contributed by atoms with van der Waals surface area (Å²) in [5.74, 6) is 0.526. The SMILES string of the molecule is Cc1ccc(-c2c(CN)nnn2CC(C)C)cc1C. The zero-order valence-electron chi connectivity index (χ0n) is 12.1. The molecule has 0 atom stereocenters. The zero-order chi connectivity index (χ0) is 14.0. The van der Waals surface area contributed by atoms with E-state index in [4.69, 9.17) is 5.73 Å². The van der Waals surface area contributed by atoms with Crippen molar-refractivity contribution in [1.82, 2.24) is 15.0 Å². The molecule has 0 unspecified atom stereocenters. The molecule has 2 N–H and O–H groups in total. The summed E-state index contributed by atoms with van der Waals surface area (Å²) in [5.41, 5.74) is 11.4. The van der Waals surface area contributed by atoms with Gasteiger partial charge in [-0.05, 0) is 37.0 Å². The van der Waals surface area contributed by atoms with E-state index in [9.17, 15) is 0 Å². The summed E-state index contributed by atoms with van der Waals surface area (Å²) in [5, 5.41) is 8.45. The second-order valence-corrected chi connectivity index (χ2v) is 5.46. The predicted octanol–water partition coefficient (Wildman–Crippen LogP) is 2.68. The third kappa shape index (κ3) is 2.84. The minimum atomic E-state index is 0.417. The fraction of sp³-hybridized carbons (Fsp3) is 0.467. The second-order valence-electron chi connectivity index (χ2n) is 5.46. The third-order valence-electron chi connectivity index (χ3n) is 3.32. The van der Waals surface area contributed by atoms with Crippen molar-refractivity contribution in [3.8, 4) is 11.3 Å². The van der Waals surface area contributed by atoms with Gasteiger partial charge in [-0.3, -0.25) is 0 Å². The van der Waals surface area contributed by atoms with E-state index in [-0.39, 0.29) is 0 Å². The Morgan fingerprint density at radius 1 is 1.21 bits per heavy atom. The topological polar surface area (TPSA) is 56.7 Å². The number of aryl methyl sites for hydroxylation is 2. The standard InChI is InChI=1S/C15H22N4/c1-10(2)9-19-15(14(8-16)17-18-19)13-6-5-11(3)12(4)7-13/h5-7,10H,8-9,16H2,1-4H3. The summed E-state index contributed by atoms with van der Waals surface area (Å²) in [7, 11) is 0. The van der Waals surface area contributed by atoms with Crippen molar-refractivity contribution < 1.29 is 0 Å². The molecule has 1 heterocycles. The van der Waals surface area contributed by atoms with E-state index >= 15 is 0 Å². The molecule has 0 amide bonds. The zero-order valence-corrected chi connectivity index (χ0v) is 12.1. The van der Waals surface area contributed by atoms with Crippen molar-refractivity contribution in [3.63, 3.8) is 0 Å². The van der Waals surface area contributed by atoms with Gasteiger partial charge in [-0.2, -0.15) is 0 Å². The first-order valence-corrected chi connectivity index (χ1v) is 6.73. The Bertz CT molecular complexity index is 570. The van der Waals surface area contributed by atoms with Crippen molar-refractivity contribution in [1.29, 1.82) is 0 Å². The summed E-state index contributed by atoms with van der Waals surface area (Å²) < 4.78 is 1.97. The van der Waals surface area contributed by atoms with Gasteiger partial charge in [-0.15, -0.1) is 5.10 Å². The van der Waals surface area contributed by atoms with E-state index in [0.717, 1.165) is 23.5 Å². The lowest BCUT2D eigenvalue weighted by Gasteiger charge is -2.11. The molecule has 0 fully saturated rings. The molecule has 19 heavy (non-hydrogen) atoms. The number of benzene rings is 1. The molecule has 0 aliphatic rings. The number of hydrogen-bond acceptors (Lipinski definition) is 3. The van der Waals surface area contributed by atoms with E-state index in [0.29, 0.717) is 12.5 Å². The van der Waals surface area contributed by atoms with Crippen LogP contribution < -0.4 is 5.73 Å². The molecule has 2 rings (SSSR count). The van der Waals surface area contributed by atoms with E-state index in [1.807, 2.05) is 4.68 Å². The van der Waals surface area contributed by atoms with Crippen molar-refractivity contribution in [3.05, 3.63) is 35.0 Å².